The number of hydrogen-bond donors (Lipinski definition) is 2. The second kappa shape index (κ2) is 7.36. The monoisotopic (exact) mass is 282 g/mol. The molecule has 0 bridgehead atoms. The summed E-state index contributed by atoms with van der Waals surface area (Å²) in [5.41, 5.74) is 4.79. The first-order chi connectivity index (χ1) is 10.2. The molecule has 1 amide bonds. The largest absolute Gasteiger partial charge is 0.294 e. The minimum absolute atomic E-state index is 0.263. The summed E-state index contributed by atoms with van der Waals surface area (Å²) in [5, 5.41) is 0. The lowest BCUT2D eigenvalue weighted by Gasteiger charge is -2.12. The van der Waals surface area contributed by atoms with Crippen molar-refractivity contribution in [2.45, 2.75) is 19.3 Å². The van der Waals surface area contributed by atoms with Crippen molar-refractivity contribution in [2.24, 2.45) is 5.84 Å². The number of carbonyl (C=O) groups excluding carboxylic acids is 2. The molecule has 0 saturated heterocycles. The van der Waals surface area contributed by atoms with Gasteiger partial charge in [0.25, 0.3) is 5.91 Å². The normalized spacial score (nSPS) is 12.7. The zero-order valence-electron chi connectivity index (χ0n) is 11.7. The number of benzene rings is 2. The van der Waals surface area contributed by atoms with Crippen molar-refractivity contribution >= 4 is 11.7 Å². The fraction of sp³-hybridized carbons (Fsp3) is 0.176. The predicted octanol–water partition coefficient (Wildman–Crippen LogP) is 2.50. The topological polar surface area (TPSA) is 72.2 Å². The summed E-state index contributed by atoms with van der Waals surface area (Å²) in [7, 11) is 0. The molecule has 0 radical (unpaired) electrons. The van der Waals surface area contributed by atoms with Gasteiger partial charge in [-0.3, -0.25) is 15.0 Å². The van der Waals surface area contributed by atoms with Crippen LogP contribution in [0, 0.1) is 0 Å². The number of amides is 1. The van der Waals surface area contributed by atoms with Crippen molar-refractivity contribution in [3.63, 3.8) is 0 Å². The molecule has 0 spiro atoms. The Hall–Kier alpha value is -2.46. The zero-order chi connectivity index (χ0) is 15.1. The lowest BCUT2D eigenvalue weighted by atomic mass is 9.91. The van der Waals surface area contributed by atoms with Crippen LogP contribution in [0.4, 0.5) is 0 Å². The maximum absolute atomic E-state index is 11.3. The molecule has 0 aromatic heterocycles. The van der Waals surface area contributed by atoms with Crippen LogP contribution in [0.15, 0.2) is 54.6 Å². The van der Waals surface area contributed by atoms with Gasteiger partial charge < -0.3 is 0 Å². The van der Waals surface area contributed by atoms with Gasteiger partial charge >= 0.3 is 0 Å². The van der Waals surface area contributed by atoms with Gasteiger partial charge in [-0.25, -0.2) is 5.84 Å². The van der Waals surface area contributed by atoms with E-state index in [-0.39, 0.29) is 5.91 Å². The van der Waals surface area contributed by atoms with E-state index in [2.05, 4.69) is 0 Å². The number of nitrogens with one attached hydrogen (secondary N) is 1. The highest BCUT2D eigenvalue weighted by Gasteiger charge is 2.14. The van der Waals surface area contributed by atoms with Gasteiger partial charge in [0.05, 0.1) is 0 Å². The Morgan fingerprint density at radius 2 is 1.62 bits per heavy atom. The Labute approximate surface area is 123 Å². The Balaban J connectivity index is 0.000000155. The van der Waals surface area contributed by atoms with Gasteiger partial charge in [-0.05, 0) is 30.5 Å². The average molecular weight is 282 g/mol. The van der Waals surface area contributed by atoms with E-state index in [4.69, 9.17) is 5.84 Å². The Morgan fingerprint density at radius 3 is 2.29 bits per heavy atom. The maximum atomic E-state index is 11.3. The lowest BCUT2D eigenvalue weighted by molar-refractivity contribution is 0.0950. The fourth-order valence-electron chi connectivity index (χ4n) is 2.26. The number of aryl methyl sites for hydroxylation is 1. The maximum Gasteiger partial charge on any atom is 0.265 e. The van der Waals surface area contributed by atoms with E-state index in [1.54, 1.807) is 24.3 Å². The first kappa shape index (κ1) is 14.9. The van der Waals surface area contributed by atoms with Crippen LogP contribution in [0.5, 0.6) is 0 Å². The number of hydrogen-bond acceptors (Lipinski definition) is 3. The van der Waals surface area contributed by atoms with E-state index in [9.17, 15) is 9.59 Å². The van der Waals surface area contributed by atoms with Gasteiger partial charge in [-0.1, -0.05) is 42.5 Å². The molecular weight excluding hydrogens is 264 g/mol. The molecule has 21 heavy (non-hydrogen) atoms. The lowest BCUT2D eigenvalue weighted by Crippen LogP contribution is -2.29. The number of ketones is 1. The summed E-state index contributed by atoms with van der Waals surface area (Å²) in [6.07, 6.45) is 2.83. The molecule has 4 heteroatoms. The number of rotatable bonds is 1. The van der Waals surface area contributed by atoms with E-state index in [1.165, 1.54) is 5.56 Å². The van der Waals surface area contributed by atoms with Crippen LogP contribution in [0.3, 0.4) is 0 Å². The molecular formula is C17H18N2O2. The van der Waals surface area contributed by atoms with E-state index in [0.717, 1.165) is 24.8 Å². The molecule has 2 aromatic rings. The van der Waals surface area contributed by atoms with Gasteiger partial charge in [0.2, 0.25) is 0 Å². The van der Waals surface area contributed by atoms with Crippen LogP contribution in [0.1, 0.15) is 39.1 Å². The minimum atomic E-state index is -0.263. The number of Topliss-reactive ketones (excluding diaryl/α,β-unsaturated/α-hetero) is 1. The summed E-state index contributed by atoms with van der Waals surface area (Å²) in [4.78, 5) is 22.1. The van der Waals surface area contributed by atoms with Crippen LogP contribution in [-0.2, 0) is 6.42 Å². The van der Waals surface area contributed by atoms with Crippen molar-refractivity contribution in [3.05, 3.63) is 71.3 Å². The van der Waals surface area contributed by atoms with Gasteiger partial charge in [0, 0.05) is 17.5 Å². The molecule has 108 valence electrons. The summed E-state index contributed by atoms with van der Waals surface area (Å²) in [5.74, 6) is 4.95. The first-order valence-electron chi connectivity index (χ1n) is 6.89. The number of fused-ring (bicyclic) bond motifs is 1. The molecule has 1 aliphatic carbocycles. The molecule has 3 N–H and O–H groups in total. The SMILES string of the molecule is NNC(=O)c1ccccc1.O=C1CCCc2ccccc21. The van der Waals surface area contributed by atoms with Crippen molar-refractivity contribution in [1.29, 1.82) is 0 Å². The number of carbonyl (C=O) groups is 2. The first-order valence-corrected chi connectivity index (χ1v) is 6.89. The average Bonchev–Trinajstić information content (AvgIpc) is 2.56. The number of nitrogen functional groups attached to an aromatic ring is 1. The molecule has 3 rings (SSSR count). The highest BCUT2D eigenvalue weighted by molar-refractivity contribution is 5.98. The van der Waals surface area contributed by atoms with Crippen LogP contribution >= 0.6 is 0 Å². The molecule has 0 saturated carbocycles. The quantitative estimate of drug-likeness (QED) is 0.479. The molecule has 2 aromatic carbocycles. The molecule has 0 fully saturated rings. The van der Waals surface area contributed by atoms with E-state index < -0.39 is 0 Å². The molecule has 0 unspecified atom stereocenters. The third kappa shape index (κ3) is 4.00. The number of nitrogens with two attached hydrogens (primary N) is 1. The molecule has 4 nitrogen and oxygen atoms in total. The molecule has 1 aliphatic rings. The predicted molar refractivity (Wildman–Crippen MR) is 81.8 cm³/mol. The Morgan fingerprint density at radius 1 is 0.952 bits per heavy atom. The number of hydrazine groups is 1. The zero-order valence-corrected chi connectivity index (χ0v) is 11.7. The van der Waals surface area contributed by atoms with Crippen LogP contribution in [-0.4, -0.2) is 11.7 Å². The third-order valence-corrected chi connectivity index (χ3v) is 3.33. The van der Waals surface area contributed by atoms with Crippen LogP contribution < -0.4 is 11.3 Å². The summed E-state index contributed by atoms with van der Waals surface area (Å²) in [6.45, 7) is 0. The smallest absolute Gasteiger partial charge is 0.265 e. The highest BCUT2D eigenvalue weighted by Crippen LogP contribution is 2.19. The second-order valence-electron chi connectivity index (χ2n) is 4.77. The second-order valence-corrected chi connectivity index (χ2v) is 4.77. The Bertz CT molecular complexity index is 624. The van der Waals surface area contributed by atoms with E-state index >= 15 is 0 Å². The molecule has 0 atom stereocenters. The van der Waals surface area contributed by atoms with Crippen LogP contribution in [0.2, 0.25) is 0 Å². The van der Waals surface area contributed by atoms with Crippen molar-refractivity contribution in [3.8, 4) is 0 Å². The van der Waals surface area contributed by atoms with E-state index in [1.807, 2.05) is 35.8 Å². The summed E-state index contributed by atoms with van der Waals surface area (Å²) in [6, 6.07) is 16.7. The summed E-state index contributed by atoms with van der Waals surface area (Å²) < 4.78 is 0. The molecule has 0 aliphatic heterocycles. The fourth-order valence-corrected chi connectivity index (χ4v) is 2.26. The van der Waals surface area contributed by atoms with Crippen molar-refractivity contribution in [2.75, 3.05) is 0 Å². The van der Waals surface area contributed by atoms with Gasteiger partial charge in [0.15, 0.2) is 5.78 Å². The Kier molecular flexibility index (Phi) is 5.23. The minimum Gasteiger partial charge on any atom is -0.294 e. The van der Waals surface area contributed by atoms with Gasteiger partial charge in [-0.15, -0.1) is 0 Å². The van der Waals surface area contributed by atoms with E-state index in [0.29, 0.717) is 11.3 Å². The van der Waals surface area contributed by atoms with Crippen molar-refractivity contribution in [1.82, 2.24) is 5.43 Å². The van der Waals surface area contributed by atoms with Gasteiger partial charge in [0.1, 0.15) is 0 Å². The molecule has 0 heterocycles. The summed E-state index contributed by atoms with van der Waals surface area (Å²) >= 11 is 0. The third-order valence-electron chi connectivity index (χ3n) is 3.33. The van der Waals surface area contributed by atoms with Crippen molar-refractivity contribution < 1.29 is 9.59 Å². The van der Waals surface area contributed by atoms with Crippen LogP contribution in [0.25, 0.3) is 0 Å². The standard InChI is InChI=1S/C10H10O.C7H8N2O/c11-10-7-3-5-8-4-1-2-6-9(8)10;8-9-7(10)6-4-2-1-3-5-6/h1-2,4,6H,3,5,7H2;1-5H,8H2,(H,9,10). The highest BCUT2D eigenvalue weighted by atomic mass is 16.2. The van der Waals surface area contributed by atoms with Gasteiger partial charge in [-0.2, -0.15) is 0 Å².